The van der Waals surface area contributed by atoms with Crippen LogP contribution in [0, 0.1) is 0 Å². The van der Waals surface area contributed by atoms with Crippen molar-refractivity contribution in [2.24, 2.45) is 0 Å². The van der Waals surface area contributed by atoms with Crippen molar-refractivity contribution in [1.29, 1.82) is 0 Å². The third-order valence-corrected chi connectivity index (χ3v) is 5.08. The van der Waals surface area contributed by atoms with Gasteiger partial charge in [-0.3, -0.25) is 4.98 Å². The standard InChI is InChI=1S/C23H21NO2/c1-3-19-21(23(25)26-2)20(16-10-5-4-6-11-16)18-14-13-15-9-7-8-12-17(15)22(18)24-19/h4-12H,3,13-14H2,1-2H3. The molecule has 0 radical (unpaired) electrons. The van der Waals surface area contributed by atoms with Crippen LogP contribution in [-0.2, 0) is 24.0 Å². The summed E-state index contributed by atoms with van der Waals surface area (Å²) in [5.41, 5.74) is 8.08. The average molecular weight is 343 g/mol. The van der Waals surface area contributed by atoms with Crippen LogP contribution in [0.1, 0.15) is 34.1 Å². The minimum absolute atomic E-state index is 0.310. The predicted octanol–water partition coefficient (Wildman–Crippen LogP) is 4.86. The van der Waals surface area contributed by atoms with Crippen LogP contribution in [0.2, 0.25) is 0 Å². The highest BCUT2D eigenvalue weighted by molar-refractivity contribution is 6.01. The molecule has 1 aromatic heterocycles. The maximum Gasteiger partial charge on any atom is 0.340 e. The number of nitrogens with zero attached hydrogens (tertiary/aromatic N) is 1. The van der Waals surface area contributed by atoms with Gasteiger partial charge in [-0.15, -0.1) is 0 Å². The van der Waals surface area contributed by atoms with Gasteiger partial charge in [-0.25, -0.2) is 4.79 Å². The topological polar surface area (TPSA) is 39.2 Å². The molecule has 2 aromatic carbocycles. The molecule has 0 saturated carbocycles. The van der Waals surface area contributed by atoms with Gasteiger partial charge >= 0.3 is 5.97 Å². The third kappa shape index (κ3) is 2.60. The van der Waals surface area contributed by atoms with E-state index in [0.717, 1.165) is 40.9 Å². The molecule has 0 aliphatic heterocycles. The second-order valence-corrected chi connectivity index (χ2v) is 6.50. The molecule has 3 aromatic rings. The maximum atomic E-state index is 12.7. The number of rotatable bonds is 3. The van der Waals surface area contributed by atoms with E-state index in [1.807, 2.05) is 25.1 Å². The quantitative estimate of drug-likeness (QED) is 0.637. The number of esters is 1. The Labute approximate surface area is 153 Å². The van der Waals surface area contributed by atoms with Crippen molar-refractivity contribution in [3.05, 3.63) is 77.0 Å². The van der Waals surface area contributed by atoms with Crippen molar-refractivity contribution in [3.63, 3.8) is 0 Å². The van der Waals surface area contributed by atoms with Gasteiger partial charge in [-0.1, -0.05) is 61.5 Å². The summed E-state index contributed by atoms with van der Waals surface area (Å²) in [6.45, 7) is 2.03. The molecule has 0 spiro atoms. The Hall–Kier alpha value is -2.94. The minimum atomic E-state index is -0.310. The van der Waals surface area contributed by atoms with E-state index in [1.165, 1.54) is 18.2 Å². The van der Waals surface area contributed by atoms with Gasteiger partial charge in [0.25, 0.3) is 0 Å². The number of aromatic nitrogens is 1. The molecule has 3 heteroatoms. The van der Waals surface area contributed by atoms with Crippen molar-refractivity contribution < 1.29 is 9.53 Å². The lowest BCUT2D eigenvalue weighted by Gasteiger charge is -2.25. The van der Waals surface area contributed by atoms with Crippen LogP contribution in [0.4, 0.5) is 0 Å². The largest absolute Gasteiger partial charge is 0.465 e. The molecule has 0 atom stereocenters. The van der Waals surface area contributed by atoms with Gasteiger partial charge in [0, 0.05) is 11.1 Å². The highest BCUT2D eigenvalue weighted by atomic mass is 16.5. The molecule has 0 amide bonds. The molecule has 1 aliphatic carbocycles. The molecule has 0 saturated heterocycles. The monoisotopic (exact) mass is 343 g/mol. The number of methoxy groups -OCH3 is 1. The van der Waals surface area contributed by atoms with Crippen LogP contribution in [0.15, 0.2) is 54.6 Å². The lowest BCUT2D eigenvalue weighted by atomic mass is 9.82. The molecule has 0 unspecified atom stereocenters. The SMILES string of the molecule is CCc1nc2c(c(-c3ccccc3)c1C(=O)OC)CCc1ccccc1-2. The Kier molecular flexibility index (Phi) is 4.29. The van der Waals surface area contributed by atoms with Gasteiger partial charge in [0.15, 0.2) is 0 Å². The normalized spacial score (nSPS) is 12.2. The summed E-state index contributed by atoms with van der Waals surface area (Å²) in [4.78, 5) is 17.6. The van der Waals surface area contributed by atoms with Crippen molar-refractivity contribution in [1.82, 2.24) is 4.98 Å². The molecule has 4 rings (SSSR count). The van der Waals surface area contributed by atoms with Gasteiger partial charge in [-0.2, -0.15) is 0 Å². The number of ether oxygens (including phenoxy) is 1. The van der Waals surface area contributed by atoms with Gasteiger partial charge < -0.3 is 4.74 Å². The second kappa shape index (κ2) is 6.75. The number of fused-ring (bicyclic) bond motifs is 3. The first-order valence-electron chi connectivity index (χ1n) is 9.02. The second-order valence-electron chi connectivity index (χ2n) is 6.50. The van der Waals surface area contributed by atoms with Gasteiger partial charge in [0.05, 0.1) is 24.1 Å². The Morgan fingerprint density at radius 3 is 2.50 bits per heavy atom. The Morgan fingerprint density at radius 2 is 1.77 bits per heavy atom. The molecule has 1 aliphatic rings. The van der Waals surface area contributed by atoms with Crippen LogP contribution in [-0.4, -0.2) is 18.1 Å². The van der Waals surface area contributed by atoms with Crippen molar-refractivity contribution in [2.75, 3.05) is 7.11 Å². The summed E-state index contributed by atoms with van der Waals surface area (Å²) >= 11 is 0. The van der Waals surface area contributed by atoms with Crippen LogP contribution in [0.25, 0.3) is 22.4 Å². The van der Waals surface area contributed by atoms with Crippen LogP contribution >= 0.6 is 0 Å². The number of pyridine rings is 1. The number of hydrogen-bond acceptors (Lipinski definition) is 3. The van der Waals surface area contributed by atoms with Gasteiger partial charge in [-0.05, 0) is 36.0 Å². The highest BCUT2D eigenvalue weighted by Crippen LogP contribution is 2.40. The zero-order chi connectivity index (χ0) is 18.1. The molecule has 130 valence electrons. The van der Waals surface area contributed by atoms with Gasteiger partial charge in [0.1, 0.15) is 0 Å². The van der Waals surface area contributed by atoms with Crippen molar-refractivity contribution in [3.8, 4) is 22.4 Å². The minimum Gasteiger partial charge on any atom is -0.465 e. The van der Waals surface area contributed by atoms with Crippen LogP contribution < -0.4 is 0 Å². The fourth-order valence-electron chi connectivity index (χ4n) is 3.87. The Morgan fingerprint density at radius 1 is 1.04 bits per heavy atom. The number of carbonyl (C=O) groups is 1. The third-order valence-electron chi connectivity index (χ3n) is 5.08. The van der Waals surface area contributed by atoms with E-state index in [2.05, 4.69) is 36.4 Å². The van der Waals surface area contributed by atoms with E-state index in [4.69, 9.17) is 9.72 Å². The van der Waals surface area contributed by atoms with E-state index in [1.54, 1.807) is 0 Å². The molecule has 3 nitrogen and oxygen atoms in total. The van der Waals surface area contributed by atoms with Crippen LogP contribution in [0.3, 0.4) is 0 Å². The van der Waals surface area contributed by atoms with Crippen molar-refractivity contribution in [2.45, 2.75) is 26.2 Å². The number of aryl methyl sites for hydroxylation is 2. The molecule has 0 fully saturated rings. The molecule has 0 N–H and O–H groups in total. The number of carbonyl (C=O) groups excluding carboxylic acids is 1. The summed E-state index contributed by atoms with van der Waals surface area (Å²) in [5, 5.41) is 0. The molecular formula is C23H21NO2. The fourth-order valence-corrected chi connectivity index (χ4v) is 3.87. The first kappa shape index (κ1) is 16.5. The average Bonchev–Trinajstić information content (AvgIpc) is 2.72. The Balaban J connectivity index is 2.09. The highest BCUT2D eigenvalue weighted by Gasteiger charge is 2.28. The zero-order valence-electron chi connectivity index (χ0n) is 15.1. The summed E-state index contributed by atoms with van der Waals surface area (Å²) in [7, 11) is 1.44. The molecule has 0 bridgehead atoms. The summed E-state index contributed by atoms with van der Waals surface area (Å²) in [6, 6.07) is 18.5. The van der Waals surface area contributed by atoms with E-state index < -0.39 is 0 Å². The van der Waals surface area contributed by atoms with E-state index in [0.29, 0.717) is 12.0 Å². The first-order valence-corrected chi connectivity index (χ1v) is 9.02. The molecule has 26 heavy (non-hydrogen) atoms. The van der Waals surface area contributed by atoms with E-state index in [-0.39, 0.29) is 5.97 Å². The van der Waals surface area contributed by atoms with Crippen molar-refractivity contribution >= 4 is 5.97 Å². The zero-order valence-corrected chi connectivity index (χ0v) is 15.1. The summed E-state index contributed by atoms with van der Waals surface area (Å²) < 4.78 is 5.12. The van der Waals surface area contributed by atoms with E-state index >= 15 is 0 Å². The summed E-state index contributed by atoms with van der Waals surface area (Å²) in [6.07, 6.45) is 2.51. The first-order chi connectivity index (χ1) is 12.7. The van der Waals surface area contributed by atoms with Crippen LogP contribution in [0.5, 0.6) is 0 Å². The lowest BCUT2D eigenvalue weighted by molar-refractivity contribution is 0.0599. The van der Waals surface area contributed by atoms with Gasteiger partial charge in [0.2, 0.25) is 0 Å². The number of benzene rings is 2. The number of hydrogen-bond donors (Lipinski definition) is 0. The molecular weight excluding hydrogens is 322 g/mol. The lowest BCUT2D eigenvalue weighted by Crippen LogP contribution is -2.16. The predicted molar refractivity (Wildman–Crippen MR) is 103 cm³/mol. The summed E-state index contributed by atoms with van der Waals surface area (Å²) in [5.74, 6) is -0.310. The Bertz CT molecular complexity index is 977. The smallest absolute Gasteiger partial charge is 0.340 e. The fraction of sp³-hybridized carbons (Fsp3) is 0.217. The molecule has 1 heterocycles. The maximum absolute atomic E-state index is 12.7. The van der Waals surface area contributed by atoms with E-state index in [9.17, 15) is 4.79 Å².